The van der Waals surface area contributed by atoms with Crippen LogP contribution in [0, 0.1) is 11.3 Å². The topological polar surface area (TPSA) is 82.9 Å². The molecule has 1 aromatic rings. The standard InChI is InChI=1S/C9H11N3O2S/c1-2-8(6-10)12-15(13,14)9-4-3-5-11-7-9/h3-5,7-8,12H,2H2,1H3. The van der Waals surface area contributed by atoms with Gasteiger partial charge in [0.25, 0.3) is 0 Å². The van der Waals surface area contributed by atoms with Crippen molar-refractivity contribution in [3.63, 3.8) is 0 Å². The zero-order valence-corrected chi connectivity index (χ0v) is 9.03. The SMILES string of the molecule is CCC(C#N)NS(=O)(=O)c1cccnc1. The van der Waals surface area contributed by atoms with E-state index in [2.05, 4.69) is 9.71 Å². The summed E-state index contributed by atoms with van der Waals surface area (Å²) >= 11 is 0. The Morgan fingerprint density at radius 2 is 2.40 bits per heavy atom. The van der Waals surface area contributed by atoms with Crippen molar-refractivity contribution in [3.05, 3.63) is 24.5 Å². The highest BCUT2D eigenvalue weighted by Gasteiger charge is 2.18. The van der Waals surface area contributed by atoms with Gasteiger partial charge in [-0.15, -0.1) is 0 Å². The van der Waals surface area contributed by atoms with Gasteiger partial charge in [0.15, 0.2) is 0 Å². The van der Waals surface area contributed by atoms with Gasteiger partial charge < -0.3 is 0 Å². The molecule has 0 radical (unpaired) electrons. The number of hydrogen-bond acceptors (Lipinski definition) is 4. The molecule has 1 N–H and O–H groups in total. The average Bonchev–Trinajstić information content (AvgIpc) is 2.27. The van der Waals surface area contributed by atoms with Gasteiger partial charge >= 0.3 is 0 Å². The van der Waals surface area contributed by atoms with Crippen molar-refractivity contribution in [2.75, 3.05) is 0 Å². The highest BCUT2D eigenvalue weighted by Crippen LogP contribution is 2.06. The average molecular weight is 225 g/mol. The van der Waals surface area contributed by atoms with Crippen LogP contribution in [0.2, 0.25) is 0 Å². The Kier molecular flexibility index (Phi) is 3.77. The molecule has 1 heterocycles. The van der Waals surface area contributed by atoms with Crippen molar-refractivity contribution in [2.45, 2.75) is 24.3 Å². The first-order valence-electron chi connectivity index (χ1n) is 4.42. The summed E-state index contributed by atoms with van der Waals surface area (Å²) in [6.45, 7) is 1.74. The summed E-state index contributed by atoms with van der Waals surface area (Å²) in [5, 5.41) is 8.64. The fourth-order valence-corrected chi connectivity index (χ4v) is 2.15. The van der Waals surface area contributed by atoms with E-state index in [1.807, 2.05) is 6.07 Å². The van der Waals surface area contributed by atoms with Crippen molar-refractivity contribution in [3.8, 4) is 6.07 Å². The van der Waals surface area contributed by atoms with Crippen LogP contribution >= 0.6 is 0 Å². The molecule has 0 aliphatic carbocycles. The minimum absolute atomic E-state index is 0.0682. The molecule has 0 saturated carbocycles. The molecule has 15 heavy (non-hydrogen) atoms. The highest BCUT2D eigenvalue weighted by atomic mass is 32.2. The molecule has 6 heteroatoms. The molecule has 0 amide bonds. The number of sulfonamides is 1. The number of rotatable bonds is 4. The Hall–Kier alpha value is -1.45. The van der Waals surface area contributed by atoms with Crippen LogP contribution in [0.25, 0.3) is 0 Å². The lowest BCUT2D eigenvalue weighted by Crippen LogP contribution is -2.33. The smallest absolute Gasteiger partial charge is 0.243 e. The fourth-order valence-electron chi connectivity index (χ4n) is 0.962. The lowest BCUT2D eigenvalue weighted by atomic mass is 10.3. The minimum atomic E-state index is -3.62. The van der Waals surface area contributed by atoms with Crippen molar-refractivity contribution < 1.29 is 8.42 Å². The third-order valence-electron chi connectivity index (χ3n) is 1.81. The largest absolute Gasteiger partial charge is 0.263 e. The molecule has 0 bridgehead atoms. The molecule has 0 fully saturated rings. The monoisotopic (exact) mass is 225 g/mol. The van der Waals surface area contributed by atoms with E-state index in [0.717, 1.165) is 0 Å². The maximum absolute atomic E-state index is 11.7. The maximum Gasteiger partial charge on any atom is 0.243 e. The summed E-state index contributed by atoms with van der Waals surface area (Å²) < 4.78 is 25.6. The third kappa shape index (κ3) is 3.01. The summed E-state index contributed by atoms with van der Waals surface area (Å²) in [6, 6.07) is 4.13. The Bertz CT molecular complexity index is 450. The summed E-state index contributed by atoms with van der Waals surface area (Å²) in [6.07, 6.45) is 3.16. The third-order valence-corrected chi connectivity index (χ3v) is 3.26. The molecule has 0 aliphatic rings. The van der Waals surface area contributed by atoms with Crippen molar-refractivity contribution in [1.82, 2.24) is 9.71 Å². The number of nitriles is 1. The van der Waals surface area contributed by atoms with Crippen LogP contribution in [0.5, 0.6) is 0 Å². The van der Waals surface area contributed by atoms with Crippen molar-refractivity contribution in [2.24, 2.45) is 0 Å². The quantitative estimate of drug-likeness (QED) is 0.816. The van der Waals surface area contributed by atoms with Crippen LogP contribution in [0.1, 0.15) is 13.3 Å². The molecule has 0 saturated heterocycles. The van der Waals surface area contributed by atoms with Crippen LogP contribution in [-0.4, -0.2) is 19.4 Å². The molecule has 80 valence electrons. The van der Waals surface area contributed by atoms with Gasteiger partial charge in [-0.3, -0.25) is 4.98 Å². The molecular formula is C9H11N3O2S. The zero-order chi connectivity index (χ0) is 11.3. The number of aromatic nitrogens is 1. The van der Waals surface area contributed by atoms with E-state index in [1.165, 1.54) is 24.5 Å². The van der Waals surface area contributed by atoms with Crippen LogP contribution in [0.15, 0.2) is 29.4 Å². The second-order valence-electron chi connectivity index (χ2n) is 2.90. The van der Waals surface area contributed by atoms with E-state index in [1.54, 1.807) is 6.92 Å². The van der Waals surface area contributed by atoms with Crippen LogP contribution in [0.4, 0.5) is 0 Å². The molecule has 0 spiro atoms. The molecule has 1 aromatic heterocycles. The lowest BCUT2D eigenvalue weighted by Gasteiger charge is -2.09. The van der Waals surface area contributed by atoms with Crippen LogP contribution in [0.3, 0.4) is 0 Å². The summed E-state index contributed by atoms with van der Waals surface area (Å²) in [7, 11) is -3.62. The van der Waals surface area contributed by atoms with E-state index in [9.17, 15) is 8.42 Å². The normalized spacial score (nSPS) is 13.1. The van der Waals surface area contributed by atoms with Crippen molar-refractivity contribution in [1.29, 1.82) is 5.26 Å². The van der Waals surface area contributed by atoms with Crippen LogP contribution in [-0.2, 0) is 10.0 Å². The van der Waals surface area contributed by atoms with Gasteiger partial charge in [0, 0.05) is 12.4 Å². The maximum atomic E-state index is 11.7. The predicted molar refractivity (Wildman–Crippen MR) is 54.3 cm³/mol. The number of nitrogens with zero attached hydrogens (tertiary/aromatic N) is 2. The van der Waals surface area contributed by atoms with Gasteiger partial charge in [-0.1, -0.05) is 6.92 Å². The van der Waals surface area contributed by atoms with Gasteiger partial charge in [-0.2, -0.15) is 9.98 Å². The number of nitrogens with one attached hydrogen (secondary N) is 1. The second kappa shape index (κ2) is 4.87. The molecule has 0 aliphatic heterocycles. The number of hydrogen-bond donors (Lipinski definition) is 1. The van der Waals surface area contributed by atoms with Gasteiger partial charge in [0.2, 0.25) is 10.0 Å². The van der Waals surface area contributed by atoms with E-state index >= 15 is 0 Å². The van der Waals surface area contributed by atoms with Crippen molar-refractivity contribution >= 4 is 10.0 Å². The Balaban J connectivity index is 2.91. The highest BCUT2D eigenvalue weighted by molar-refractivity contribution is 7.89. The zero-order valence-electron chi connectivity index (χ0n) is 8.21. The van der Waals surface area contributed by atoms with Gasteiger partial charge in [0.1, 0.15) is 10.9 Å². The molecule has 5 nitrogen and oxygen atoms in total. The first kappa shape index (κ1) is 11.6. The number of pyridine rings is 1. The predicted octanol–water partition coefficient (Wildman–Crippen LogP) is 0.662. The summed E-state index contributed by atoms with van der Waals surface area (Å²) in [5.74, 6) is 0. The minimum Gasteiger partial charge on any atom is -0.263 e. The lowest BCUT2D eigenvalue weighted by molar-refractivity contribution is 0.569. The molecule has 1 rings (SSSR count). The first-order chi connectivity index (χ1) is 7.10. The molecule has 1 unspecified atom stereocenters. The van der Waals surface area contributed by atoms with Crippen LogP contribution < -0.4 is 4.72 Å². The fraction of sp³-hybridized carbons (Fsp3) is 0.333. The van der Waals surface area contributed by atoms with E-state index in [0.29, 0.717) is 6.42 Å². The molecule has 1 atom stereocenters. The Morgan fingerprint density at radius 1 is 1.67 bits per heavy atom. The van der Waals surface area contributed by atoms with E-state index in [-0.39, 0.29) is 4.90 Å². The Morgan fingerprint density at radius 3 is 2.87 bits per heavy atom. The molecular weight excluding hydrogens is 214 g/mol. The van der Waals surface area contributed by atoms with Gasteiger partial charge in [-0.25, -0.2) is 8.42 Å². The van der Waals surface area contributed by atoms with Gasteiger partial charge in [0.05, 0.1) is 6.07 Å². The second-order valence-corrected chi connectivity index (χ2v) is 4.61. The first-order valence-corrected chi connectivity index (χ1v) is 5.90. The summed E-state index contributed by atoms with van der Waals surface area (Å²) in [4.78, 5) is 3.78. The Labute approximate surface area is 88.8 Å². The van der Waals surface area contributed by atoms with Gasteiger partial charge in [-0.05, 0) is 18.6 Å². The summed E-state index contributed by atoms with van der Waals surface area (Å²) in [5.41, 5.74) is 0. The van der Waals surface area contributed by atoms with E-state index < -0.39 is 16.1 Å². The molecule has 0 aromatic carbocycles. The van der Waals surface area contributed by atoms with E-state index in [4.69, 9.17) is 5.26 Å².